The van der Waals surface area contributed by atoms with Crippen LogP contribution < -0.4 is 0 Å². The summed E-state index contributed by atoms with van der Waals surface area (Å²) in [4.78, 5) is 19.1. The highest BCUT2D eigenvalue weighted by Gasteiger charge is 2.28. The molecular weight excluding hydrogens is 336 g/mol. The molecule has 1 N–H and O–H groups in total. The maximum Gasteiger partial charge on any atom is 0.289 e. The number of carbonyl (C=O) groups is 1. The Morgan fingerprint density at radius 2 is 2.32 bits per heavy atom. The molecule has 0 bridgehead atoms. The Kier molecular flexibility index (Phi) is 4.48. The predicted octanol–water partition coefficient (Wildman–Crippen LogP) is 3.72. The zero-order chi connectivity index (χ0) is 17.2. The summed E-state index contributed by atoms with van der Waals surface area (Å²) in [7, 11) is 0. The largest absolute Gasteiger partial charge is 0.451 e. The van der Waals surface area contributed by atoms with Crippen molar-refractivity contribution in [3.05, 3.63) is 41.9 Å². The predicted molar refractivity (Wildman–Crippen MR) is 96.5 cm³/mol. The number of aromatic nitrogens is 3. The summed E-state index contributed by atoms with van der Waals surface area (Å²) >= 11 is 1.52. The lowest BCUT2D eigenvalue weighted by Crippen LogP contribution is -2.39. The fourth-order valence-corrected chi connectivity index (χ4v) is 4.14. The second kappa shape index (κ2) is 6.92. The quantitative estimate of drug-likeness (QED) is 0.721. The maximum atomic E-state index is 13.1. The first kappa shape index (κ1) is 16.2. The number of hydrogen-bond donors (Lipinski definition) is 1. The zero-order valence-corrected chi connectivity index (χ0v) is 14.9. The number of thioether (sulfide) groups is 1. The fourth-order valence-electron chi connectivity index (χ4n) is 3.34. The molecule has 0 unspecified atom stereocenters. The van der Waals surface area contributed by atoms with Crippen molar-refractivity contribution >= 4 is 28.6 Å². The average molecular weight is 356 g/mol. The molecule has 1 aliphatic rings. The summed E-state index contributed by atoms with van der Waals surface area (Å²) in [5, 5.41) is 8.43. The SMILES string of the molecule is C[C@@H]1CCCN(C(=O)c2oc3ccccc3c2CSc2ncn[nH]2)C1. The molecule has 1 atom stereocenters. The van der Waals surface area contributed by atoms with E-state index < -0.39 is 0 Å². The first-order valence-electron chi connectivity index (χ1n) is 8.50. The van der Waals surface area contributed by atoms with Gasteiger partial charge >= 0.3 is 0 Å². The van der Waals surface area contributed by atoms with Gasteiger partial charge in [-0.15, -0.1) is 0 Å². The number of carbonyl (C=O) groups excluding carboxylic acids is 1. The number of fused-ring (bicyclic) bond motifs is 1. The van der Waals surface area contributed by atoms with Gasteiger partial charge in [-0.2, -0.15) is 5.10 Å². The summed E-state index contributed by atoms with van der Waals surface area (Å²) in [5.74, 6) is 1.60. The van der Waals surface area contributed by atoms with Crippen LogP contribution in [0.2, 0.25) is 0 Å². The van der Waals surface area contributed by atoms with E-state index in [2.05, 4.69) is 22.1 Å². The van der Waals surface area contributed by atoms with E-state index in [1.165, 1.54) is 24.5 Å². The number of benzene rings is 1. The number of nitrogens with one attached hydrogen (secondary N) is 1. The van der Waals surface area contributed by atoms with Crippen molar-refractivity contribution in [3.8, 4) is 0 Å². The van der Waals surface area contributed by atoms with Crippen molar-refractivity contribution in [2.45, 2.75) is 30.7 Å². The van der Waals surface area contributed by atoms with Gasteiger partial charge in [0.1, 0.15) is 11.9 Å². The summed E-state index contributed by atoms with van der Waals surface area (Å²) < 4.78 is 5.97. The van der Waals surface area contributed by atoms with Crippen molar-refractivity contribution < 1.29 is 9.21 Å². The molecule has 3 heterocycles. The molecule has 25 heavy (non-hydrogen) atoms. The Morgan fingerprint density at radius 3 is 3.12 bits per heavy atom. The minimum absolute atomic E-state index is 0.00378. The van der Waals surface area contributed by atoms with Crippen LogP contribution in [0.3, 0.4) is 0 Å². The Morgan fingerprint density at radius 1 is 1.44 bits per heavy atom. The number of H-pyrrole nitrogens is 1. The molecular formula is C18H20N4O2S. The minimum Gasteiger partial charge on any atom is -0.451 e. The van der Waals surface area contributed by atoms with Crippen LogP contribution in [0.4, 0.5) is 0 Å². The number of rotatable bonds is 4. The first-order valence-corrected chi connectivity index (χ1v) is 9.49. The number of aromatic amines is 1. The molecule has 0 radical (unpaired) electrons. The Bertz CT molecular complexity index is 874. The van der Waals surface area contributed by atoms with E-state index in [-0.39, 0.29) is 5.91 Å². The van der Waals surface area contributed by atoms with E-state index in [1.807, 2.05) is 29.2 Å². The van der Waals surface area contributed by atoms with E-state index in [4.69, 9.17) is 4.42 Å². The number of hydrogen-bond acceptors (Lipinski definition) is 5. The summed E-state index contributed by atoms with van der Waals surface area (Å²) in [6.07, 6.45) is 3.71. The van der Waals surface area contributed by atoms with Crippen molar-refractivity contribution in [1.29, 1.82) is 0 Å². The molecule has 7 heteroatoms. The number of piperidine rings is 1. The molecule has 1 amide bonds. The fraction of sp³-hybridized carbons (Fsp3) is 0.389. The molecule has 1 fully saturated rings. The van der Waals surface area contributed by atoms with Gasteiger partial charge in [0.05, 0.1) is 0 Å². The van der Waals surface area contributed by atoms with Crippen molar-refractivity contribution in [2.24, 2.45) is 5.92 Å². The number of para-hydroxylation sites is 1. The van der Waals surface area contributed by atoms with Gasteiger partial charge in [-0.05, 0) is 24.8 Å². The van der Waals surface area contributed by atoms with Gasteiger partial charge in [-0.1, -0.05) is 36.9 Å². The topological polar surface area (TPSA) is 75.0 Å². The van der Waals surface area contributed by atoms with E-state index in [0.717, 1.165) is 41.2 Å². The highest BCUT2D eigenvalue weighted by atomic mass is 32.2. The van der Waals surface area contributed by atoms with Gasteiger partial charge in [0.2, 0.25) is 0 Å². The highest BCUT2D eigenvalue weighted by Crippen LogP contribution is 2.32. The van der Waals surface area contributed by atoms with Gasteiger partial charge in [0.25, 0.3) is 5.91 Å². The zero-order valence-electron chi connectivity index (χ0n) is 14.1. The highest BCUT2D eigenvalue weighted by molar-refractivity contribution is 7.98. The van der Waals surface area contributed by atoms with Crippen LogP contribution in [0.25, 0.3) is 11.0 Å². The molecule has 0 aliphatic carbocycles. The molecule has 0 saturated carbocycles. The number of likely N-dealkylation sites (tertiary alicyclic amines) is 1. The number of nitrogens with zero attached hydrogens (tertiary/aromatic N) is 3. The molecule has 0 spiro atoms. The molecule has 3 aromatic rings. The monoisotopic (exact) mass is 356 g/mol. The summed E-state index contributed by atoms with van der Waals surface area (Å²) in [5.41, 5.74) is 1.68. The smallest absolute Gasteiger partial charge is 0.289 e. The third-order valence-electron chi connectivity index (χ3n) is 4.58. The first-order chi connectivity index (χ1) is 12.2. The molecule has 130 valence electrons. The lowest BCUT2D eigenvalue weighted by atomic mass is 10.00. The van der Waals surface area contributed by atoms with Crippen LogP contribution in [0.5, 0.6) is 0 Å². The van der Waals surface area contributed by atoms with E-state index in [1.54, 1.807) is 0 Å². The van der Waals surface area contributed by atoms with Gasteiger partial charge in [-0.25, -0.2) is 4.98 Å². The average Bonchev–Trinajstić information content (AvgIpc) is 3.27. The van der Waals surface area contributed by atoms with Crippen LogP contribution >= 0.6 is 11.8 Å². The maximum absolute atomic E-state index is 13.1. The van der Waals surface area contributed by atoms with E-state index >= 15 is 0 Å². The second-order valence-corrected chi connectivity index (χ2v) is 7.45. The molecule has 1 saturated heterocycles. The molecule has 1 aliphatic heterocycles. The standard InChI is InChI=1S/C18H20N4O2S/c1-12-5-4-8-22(9-12)17(23)16-14(10-25-18-19-11-20-21-18)13-6-2-3-7-15(13)24-16/h2-3,6-7,11-12H,4-5,8-10H2,1H3,(H,19,20,21)/t12-/m1/s1. The normalized spacial score (nSPS) is 18.0. The van der Waals surface area contributed by atoms with Crippen molar-refractivity contribution in [2.75, 3.05) is 13.1 Å². The molecule has 2 aromatic heterocycles. The van der Waals surface area contributed by atoms with Crippen LogP contribution in [0.1, 0.15) is 35.9 Å². The van der Waals surface area contributed by atoms with Gasteiger partial charge in [0.15, 0.2) is 10.9 Å². The molecule has 6 nitrogen and oxygen atoms in total. The molecule has 4 rings (SSSR count). The number of furan rings is 1. The van der Waals surface area contributed by atoms with Gasteiger partial charge < -0.3 is 9.32 Å². The van der Waals surface area contributed by atoms with Crippen molar-refractivity contribution in [1.82, 2.24) is 20.1 Å². The van der Waals surface area contributed by atoms with Crippen molar-refractivity contribution in [3.63, 3.8) is 0 Å². The van der Waals surface area contributed by atoms with E-state index in [9.17, 15) is 4.79 Å². The van der Waals surface area contributed by atoms with E-state index in [0.29, 0.717) is 17.4 Å². The third-order valence-corrected chi connectivity index (χ3v) is 5.49. The Hall–Kier alpha value is -2.28. The molecule has 1 aromatic carbocycles. The van der Waals surface area contributed by atoms with Crippen LogP contribution in [0, 0.1) is 5.92 Å². The third kappa shape index (κ3) is 3.28. The lowest BCUT2D eigenvalue weighted by Gasteiger charge is -2.30. The number of amides is 1. The Balaban J connectivity index is 1.67. The van der Waals surface area contributed by atoms with Gasteiger partial charge in [0, 0.05) is 29.8 Å². The Labute approximate surface area is 150 Å². The minimum atomic E-state index is -0.00378. The second-order valence-electron chi connectivity index (χ2n) is 6.48. The van der Waals surface area contributed by atoms with Gasteiger partial charge in [-0.3, -0.25) is 9.89 Å². The van der Waals surface area contributed by atoms with Crippen LogP contribution in [-0.4, -0.2) is 39.1 Å². The van der Waals surface area contributed by atoms with Crippen LogP contribution in [0.15, 0.2) is 40.2 Å². The summed E-state index contributed by atoms with van der Waals surface area (Å²) in [6, 6.07) is 7.81. The lowest BCUT2D eigenvalue weighted by molar-refractivity contribution is 0.0652. The van der Waals surface area contributed by atoms with Crippen LogP contribution in [-0.2, 0) is 5.75 Å². The summed E-state index contributed by atoms with van der Waals surface area (Å²) in [6.45, 7) is 3.79.